The molecule has 1 aliphatic carbocycles. The topological polar surface area (TPSA) is 26.0 Å². The third-order valence-corrected chi connectivity index (χ3v) is 5.05. The summed E-state index contributed by atoms with van der Waals surface area (Å²) in [5.41, 5.74) is 7.83. The van der Waals surface area contributed by atoms with Gasteiger partial charge in [-0.25, -0.2) is 0 Å². The average molecular weight is 237 g/mol. The summed E-state index contributed by atoms with van der Waals surface area (Å²) in [6, 6.07) is 2.46. The van der Waals surface area contributed by atoms with Gasteiger partial charge in [0.05, 0.1) is 0 Å². The first-order valence-electron chi connectivity index (χ1n) is 6.37. The van der Waals surface area contributed by atoms with Gasteiger partial charge in [-0.05, 0) is 60.9 Å². The summed E-state index contributed by atoms with van der Waals surface area (Å²) in [6.45, 7) is 6.93. The number of hydrogen-bond acceptors (Lipinski definition) is 2. The van der Waals surface area contributed by atoms with Gasteiger partial charge in [-0.2, -0.15) is 0 Å². The van der Waals surface area contributed by atoms with E-state index in [0.29, 0.717) is 5.92 Å². The molecule has 3 atom stereocenters. The molecule has 1 aromatic rings. The molecule has 1 fully saturated rings. The molecular formula is C14H23NS. The highest BCUT2D eigenvalue weighted by molar-refractivity contribution is 7.10. The van der Waals surface area contributed by atoms with Gasteiger partial charge in [-0.1, -0.05) is 13.8 Å². The van der Waals surface area contributed by atoms with E-state index in [1.165, 1.54) is 29.7 Å². The number of aryl methyl sites for hydroxylation is 1. The zero-order chi connectivity index (χ0) is 11.7. The Hall–Kier alpha value is -0.340. The molecule has 2 rings (SSSR count). The van der Waals surface area contributed by atoms with Crippen LogP contribution < -0.4 is 5.73 Å². The average Bonchev–Trinajstić information content (AvgIpc) is 2.62. The molecule has 0 amide bonds. The molecule has 0 radical (unpaired) electrons. The minimum absolute atomic E-state index is 0.269. The van der Waals surface area contributed by atoms with Gasteiger partial charge in [0.1, 0.15) is 0 Å². The molecule has 0 aromatic carbocycles. The van der Waals surface area contributed by atoms with E-state index in [1.54, 1.807) is 0 Å². The predicted molar refractivity (Wildman–Crippen MR) is 71.7 cm³/mol. The van der Waals surface area contributed by atoms with Crippen molar-refractivity contribution in [3.05, 3.63) is 21.9 Å². The Balaban J connectivity index is 2.10. The normalized spacial score (nSPS) is 32.6. The monoisotopic (exact) mass is 237 g/mol. The van der Waals surface area contributed by atoms with Gasteiger partial charge in [0.2, 0.25) is 0 Å². The van der Waals surface area contributed by atoms with Crippen LogP contribution in [0.2, 0.25) is 0 Å². The molecule has 1 aliphatic rings. The number of thiophene rings is 1. The summed E-state index contributed by atoms with van der Waals surface area (Å²) in [5.74, 6) is 2.39. The highest BCUT2D eigenvalue weighted by Crippen LogP contribution is 2.40. The van der Waals surface area contributed by atoms with Crippen molar-refractivity contribution in [1.82, 2.24) is 0 Å². The highest BCUT2D eigenvalue weighted by Gasteiger charge is 2.29. The highest BCUT2D eigenvalue weighted by atomic mass is 32.1. The summed E-state index contributed by atoms with van der Waals surface area (Å²) in [6.07, 6.45) is 4.00. The quantitative estimate of drug-likeness (QED) is 0.822. The lowest BCUT2D eigenvalue weighted by atomic mass is 9.73. The molecule has 2 heteroatoms. The molecule has 0 bridgehead atoms. The lowest BCUT2D eigenvalue weighted by Gasteiger charge is -2.34. The molecule has 1 heterocycles. The fourth-order valence-electron chi connectivity index (χ4n) is 3.24. The maximum absolute atomic E-state index is 6.45. The van der Waals surface area contributed by atoms with Crippen LogP contribution in [0, 0.1) is 24.7 Å². The van der Waals surface area contributed by atoms with E-state index < -0.39 is 0 Å². The minimum Gasteiger partial charge on any atom is -0.323 e. The van der Waals surface area contributed by atoms with Crippen molar-refractivity contribution in [3.8, 4) is 0 Å². The second-order valence-electron chi connectivity index (χ2n) is 5.67. The molecule has 0 aliphatic heterocycles. The van der Waals surface area contributed by atoms with Gasteiger partial charge in [0, 0.05) is 10.9 Å². The van der Waals surface area contributed by atoms with Gasteiger partial charge >= 0.3 is 0 Å². The van der Waals surface area contributed by atoms with Crippen molar-refractivity contribution in [1.29, 1.82) is 0 Å². The van der Waals surface area contributed by atoms with Crippen LogP contribution >= 0.6 is 11.3 Å². The summed E-state index contributed by atoms with van der Waals surface area (Å²) in [7, 11) is 0. The first-order chi connectivity index (χ1) is 7.58. The maximum Gasteiger partial charge on any atom is 0.0421 e. The largest absolute Gasteiger partial charge is 0.323 e. The Morgan fingerprint density at radius 2 is 1.88 bits per heavy atom. The van der Waals surface area contributed by atoms with Crippen LogP contribution in [0.4, 0.5) is 0 Å². The van der Waals surface area contributed by atoms with E-state index in [-0.39, 0.29) is 6.04 Å². The second-order valence-corrected chi connectivity index (χ2v) is 6.62. The van der Waals surface area contributed by atoms with Crippen molar-refractivity contribution in [3.63, 3.8) is 0 Å². The van der Waals surface area contributed by atoms with Gasteiger partial charge in [0.25, 0.3) is 0 Å². The Morgan fingerprint density at radius 1 is 1.25 bits per heavy atom. The van der Waals surface area contributed by atoms with Gasteiger partial charge < -0.3 is 5.73 Å². The molecule has 0 saturated heterocycles. The SMILES string of the molecule is Cc1ccsc1C(N)C1CC(C)CC(C)C1. The van der Waals surface area contributed by atoms with E-state index in [2.05, 4.69) is 32.2 Å². The number of rotatable bonds is 2. The van der Waals surface area contributed by atoms with Crippen LogP contribution in [0.15, 0.2) is 11.4 Å². The van der Waals surface area contributed by atoms with Crippen LogP contribution in [0.3, 0.4) is 0 Å². The van der Waals surface area contributed by atoms with Gasteiger partial charge in [-0.3, -0.25) is 0 Å². The third-order valence-electron chi connectivity index (χ3n) is 3.93. The van der Waals surface area contributed by atoms with Crippen molar-refractivity contribution in [2.45, 2.75) is 46.1 Å². The van der Waals surface area contributed by atoms with E-state index in [9.17, 15) is 0 Å². The molecule has 1 aromatic heterocycles. The number of hydrogen-bond donors (Lipinski definition) is 1. The zero-order valence-corrected chi connectivity index (χ0v) is 11.4. The van der Waals surface area contributed by atoms with Gasteiger partial charge in [0.15, 0.2) is 0 Å². The Kier molecular flexibility index (Phi) is 3.70. The van der Waals surface area contributed by atoms with Crippen molar-refractivity contribution in [2.75, 3.05) is 0 Å². The summed E-state index contributed by atoms with van der Waals surface area (Å²) >= 11 is 1.83. The second kappa shape index (κ2) is 4.89. The van der Waals surface area contributed by atoms with E-state index in [4.69, 9.17) is 5.73 Å². The molecule has 0 spiro atoms. The Bertz CT molecular complexity index is 334. The fraction of sp³-hybridized carbons (Fsp3) is 0.714. The van der Waals surface area contributed by atoms with Gasteiger partial charge in [-0.15, -0.1) is 11.3 Å². The standard InChI is InChI=1S/C14H23NS/c1-9-6-10(2)8-12(7-9)13(15)14-11(3)4-5-16-14/h4-5,9-10,12-13H,6-8,15H2,1-3H3. The molecule has 2 N–H and O–H groups in total. The van der Waals surface area contributed by atoms with Crippen LogP contribution in [0.5, 0.6) is 0 Å². The Morgan fingerprint density at radius 3 is 2.38 bits per heavy atom. The van der Waals surface area contributed by atoms with E-state index in [0.717, 1.165) is 11.8 Å². The van der Waals surface area contributed by atoms with E-state index >= 15 is 0 Å². The third kappa shape index (κ3) is 2.49. The van der Waals surface area contributed by atoms with E-state index in [1.807, 2.05) is 11.3 Å². The van der Waals surface area contributed by atoms with Crippen molar-refractivity contribution < 1.29 is 0 Å². The first kappa shape index (κ1) is 12.1. The van der Waals surface area contributed by atoms with Crippen LogP contribution in [0.25, 0.3) is 0 Å². The summed E-state index contributed by atoms with van der Waals surface area (Å²) in [5, 5.41) is 2.17. The zero-order valence-electron chi connectivity index (χ0n) is 10.6. The van der Waals surface area contributed by atoms with Crippen LogP contribution in [0.1, 0.15) is 49.6 Å². The molecule has 3 unspecified atom stereocenters. The molecular weight excluding hydrogens is 214 g/mol. The number of nitrogens with two attached hydrogens (primary N) is 1. The minimum atomic E-state index is 0.269. The predicted octanol–water partition coefficient (Wildman–Crippen LogP) is 4.13. The van der Waals surface area contributed by atoms with Crippen LogP contribution in [-0.4, -0.2) is 0 Å². The smallest absolute Gasteiger partial charge is 0.0421 e. The maximum atomic E-state index is 6.45. The Labute approximate surface area is 103 Å². The fourth-order valence-corrected chi connectivity index (χ4v) is 4.26. The molecule has 16 heavy (non-hydrogen) atoms. The molecule has 1 saturated carbocycles. The van der Waals surface area contributed by atoms with Crippen molar-refractivity contribution in [2.24, 2.45) is 23.5 Å². The molecule has 90 valence electrons. The molecule has 1 nitrogen and oxygen atoms in total. The lowest BCUT2D eigenvalue weighted by Crippen LogP contribution is -2.29. The summed E-state index contributed by atoms with van der Waals surface area (Å²) in [4.78, 5) is 1.41. The van der Waals surface area contributed by atoms with Crippen molar-refractivity contribution >= 4 is 11.3 Å². The summed E-state index contributed by atoms with van der Waals surface area (Å²) < 4.78 is 0. The first-order valence-corrected chi connectivity index (χ1v) is 7.25. The van der Waals surface area contributed by atoms with Crippen LogP contribution in [-0.2, 0) is 0 Å². The lowest BCUT2D eigenvalue weighted by molar-refractivity contribution is 0.194.